The van der Waals surface area contributed by atoms with Gasteiger partial charge < -0.3 is 24.7 Å². The number of nitrogens with zero attached hydrogens (tertiary/aromatic N) is 1. The molecule has 168 valence electrons. The number of carbonyl (C=O) groups is 3. The van der Waals surface area contributed by atoms with Gasteiger partial charge in [-0.05, 0) is 37.3 Å². The molecule has 32 heavy (non-hydrogen) atoms. The van der Waals surface area contributed by atoms with Gasteiger partial charge in [-0.2, -0.15) is 0 Å². The summed E-state index contributed by atoms with van der Waals surface area (Å²) in [4.78, 5) is 36.9. The second kappa shape index (κ2) is 9.38. The van der Waals surface area contributed by atoms with Gasteiger partial charge in [-0.3, -0.25) is 19.9 Å². The first-order valence-corrected chi connectivity index (χ1v) is 9.67. The first-order valence-electron chi connectivity index (χ1n) is 9.67. The molecule has 1 fully saturated rings. The smallest absolute Gasteiger partial charge is 0.415 e. The van der Waals surface area contributed by atoms with Crippen molar-refractivity contribution in [3.8, 4) is 17.2 Å². The molecule has 3 rings (SSSR count). The molecule has 10 heteroatoms. The summed E-state index contributed by atoms with van der Waals surface area (Å²) in [7, 11) is 1.46. The van der Waals surface area contributed by atoms with Crippen molar-refractivity contribution in [3.05, 3.63) is 47.5 Å². The van der Waals surface area contributed by atoms with Crippen LogP contribution in [-0.4, -0.2) is 50.0 Å². The van der Waals surface area contributed by atoms with Crippen LogP contribution in [0.5, 0.6) is 17.2 Å². The summed E-state index contributed by atoms with van der Waals surface area (Å²) in [6, 6.07) is 9.48. The van der Waals surface area contributed by atoms with Crippen molar-refractivity contribution in [3.63, 3.8) is 0 Å². The minimum Gasteiger partial charge on any atom is -0.493 e. The van der Waals surface area contributed by atoms with E-state index in [9.17, 15) is 14.4 Å². The lowest BCUT2D eigenvalue weighted by Crippen LogP contribution is -2.28. The maximum absolute atomic E-state index is 12.5. The Hall–Kier alpha value is -4.08. The van der Waals surface area contributed by atoms with Crippen LogP contribution in [0.25, 0.3) is 0 Å². The van der Waals surface area contributed by atoms with Crippen molar-refractivity contribution in [2.75, 3.05) is 25.2 Å². The fraction of sp³-hybridized carbons (Fsp3) is 0.273. The fourth-order valence-corrected chi connectivity index (χ4v) is 3.19. The molecule has 1 saturated heterocycles. The SMILES string of the molecule is COc1cc(C(C)=O)ccc1OCC1CN(c2cccc(C(=N)N)c2OC(C)=O)C(=O)O1. The number of rotatable bonds is 8. The summed E-state index contributed by atoms with van der Waals surface area (Å²) in [6.45, 7) is 2.80. The number of benzene rings is 2. The summed E-state index contributed by atoms with van der Waals surface area (Å²) >= 11 is 0. The number of cyclic esters (lactones) is 1. The maximum Gasteiger partial charge on any atom is 0.415 e. The Labute approximate surface area is 184 Å². The third-order valence-corrected chi connectivity index (χ3v) is 4.69. The number of methoxy groups -OCH3 is 1. The molecule has 1 aliphatic heterocycles. The highest BCUT2D eigenvalue weighted by Crippen LogP contribution is 2.35. The largest absolute Gasteiger partial charge is 0.493 e. The number of amidine groups is 1. The standard InChI is InChI=1S/C22H23N3O7/c1-12(26)14-7-8-18(19(9-14)29-3)30-11-15-10-25(22(28)32-15)17-6-4-5-16(21(23)24)20(17)31-13(2)27/h4-9,15H,10-11H2,1-3H3,(H3,23,24). The molecule has 2 aromatic carbocycles. The highest BCUT2D eigenvalue weighted by atomic mass is 16.6. The monoisotopic (exact) mass is 441 g/mol. The van der Waals surface area contributed by atoms with E-state index >= 15 is 0 Å². The van der Waals surface area contributed by atoms with Gasteiger partial charge in [0.05, 0.1) is 24.9 Å². The average molecular weight is 441 g/mol. The number of ether oxygens (including phenoxy) is 4. The number of carbonyl (C=O) groups excluding carboxylic acids is 3. The molecule has 1 heterocycles. The van der Waals surface area contributed by atoms with Gasteiger partial charge in [0.25, 0.3) is 0 Å². The quantitative estimate of drug-likeness (QED) is 0.209. The Morgan fingerprint density at radius 2 is 1.97 bits per heavy atom. The van der Waals surface area contributed by atoms with E-state index < -0.39 is 18.2 Å². The summed E-state index contributed by atoms with van der Waals surface area (Å²) in [5.41, 5.74) is 6.51. The Bertz CT molecular complexity index is 1080. The van der Waals surface area contributed by atoms with Crippen LogP contribution in [0.15, 0.2) is 36.4 Å². The molecule has 1 amide bonds. The molecule has 0 bridgehead atoms. The van der Waals surface area contributed by atoms with E-state index in [-0.39, 0.29) is 41.8 Å². The number of Topliss-reactive ketones (excluding diaryl/α,β-unsaturated/α-hetero) is 1. The molecule has 0 aliphatic carbocycles. The number of esters is 1. The molecule has 1 atom stereocenters. The van der Waals surface area contributed by atoms with Gasteiger partial charge in [0.2, 0.25) is 0 Å². The Morgan fingerprint density at radius 1 is 1.22 bits per heavy atom. The predicted octanol–water partition coefficient (Wildman–Crippen LogP) is 2.51. The zero-order chi connectivity index (χ0) is 23.4. The van der Waals surface area contributed by atoms with E-state index in [2.05, 4.69) is 0 Å². The van der Waals surface area contributed by atoms with Crippen LogP contribution in [0.3, 0.4) is 0 Å². The number of ketones is 1. The molecule has 1 unspecified atom stereocenters. The van der Waals surface area contributed by atoms with E-state index in [0.29, 0.717) is 17.1 Å². The number of hydrogen-bond donors (Lipinski definition) is 2. The molecule has 0 saturated carbocycles. The highest BCUT2D eigenvalue weighted by Gasteiger charge is 2.35. The topological polar surface area (TPSA) is 141 Å². The number of amides is 1. The maximum atomic E-state index is 12.5. The number of nitrogens with one attached hydrogen (secondary N) is 1. The Morgan fingerprint density at radius 3 is 2.59 bits per heavy atom. The lowest BCUT2D eigenvalue weighted by molar-refractivity contribution is -0.131. The van der Waals surface area contributed by atoms with Gasteiger partial charge in [0, 0.05) is 12.5 Å². The zero-order valence-corrected chi connectivity index (χ0v) is 17.8. The van der Waals surface area contributed by atoms with E-state index in [0.717, 1.165) is 0 Å². The molecular weight excluding hydrogens is 418 g/mol. The highest BCUT2D eigenvalue weighted by molar-refractivity contribution is 6.02. The lowest BCUT2D eigenvalue weighted by atomic mass is 10.1. The van der Waals surface area contributed by atoms with Crippen molar-refractivity contribution in [2.45, 2.75) is 20.0 Å². The Balaban J connectivity index is 1.78. The third-order valence-electron chi connectivity index (χ3n) is 4.69. The minimum atomic E-state index is -0.661. The van der Waals surface area contributed by atoms with E-state index in [1.807, 2.05) is 0 Å². The van der Waals surface area contributed by atoms with Crippen LogP contribution in [-0.2, 0) is 9.53 Å². The number of nitrogen functional groups attached to an aromatic ring is 1. The molecule has 0 radical (unpaired) electrons. The lowest BCUT2D eigenvalue weighted by Gasteiger charge is -2.19. The van der Waals surface area contributed by atoms with Crippen molar-refractivity contribution < 1.29 is 33.3 Å². The van der Waals surface area contributed by atoms with Crippen LogP contribution >= 0.6 is 0 Å². The molecule has 2 aromatic rings. The Kier molecular flexibility index (Phi) is 6.62. The van der Waals surface area contributed by atoms with E-state index in [1.54, 1.807) is 30.3 Å². The molecular formula is C22H23N3O7. The van der Waals surface area contributed by atoms with E-state index in [4.69, 9.17) is 30.1 Å². The number of hydrogen-bond acceptors (Lipinski definition) is 8. The van der Waals surface area contributed by atoms with Gasteiger partial charge in [-0.25, -0.2) is 4.79 Å². The van der Waals surface area contributed by atoms with Crippen molar-refractivity contribution >= 4 is 29.4 Å². The number of anilines is 1. The van der Waals surface area contributed by atoms with Gasteiger partial charge in [-0.1, -0.05) is 6.07 Å². The predicted molar refractivity (Wildman–Crippen MR) is 115 cm³/mol. The summed E-state index contributed by atoms with van der Waals surface area (Å²) in [6.07, 6.45) is -1.29. The molecule has 0 spiro atoms. The van der Waals surface area contributed by atoms with E-state index in [1.165, 1.54) is 31.9 Å². The number of nitrogens with two attached hydrogens (primary N) is 1. The van der Waals surface area contributed by atoms with Gasteiger partial charge in [0.1, 0.15) is 12.4 Å². The second-order valence-electron chi connectivity index (χ2n) is 7.01. The third kappa shape index (κ3) is 4.80. The average Bonchev–Trinajstić information content (AvgIpc) is 3.11. The van der Waals surface area contributed by atoms with Gasteiger partial charge in [-0.15, -0.1) is 0 Å². The first-order chi connectivity index (χ1) is 15.2. The summed E-state index contributed by atoms with van der Waals surface area (Å²) in [5.74, 6) is -0.249. The van der Waals surface area contributed by atoms with Crippen LogP contribution in [0.2, 0.25) is 0 Å². The van der Waals surface area contributed by atoms with Gasteiger partial charge in [0.15, 0.2) is 29.1 Å². The van der Waals surface area contributed by atoms with Crippen molar-refractivity contribution in [1.82, 2.24) is 0 Å². The first kappa shape index (κ1) is 22.6. The minimum absolute atomic E-state index is 0.00695. The van der Waals surface area contributed by atoms with Gasteiger partial charge >= 0.3 is 12.1 Å². The molecule has 1 aliphatic rings. The number of para-hydroxylation sites is 1. The molecule has 0 aromatic heterocycles. The van der Waals surface area contributed by atoms with Crippen LogP contribution < -0.4 is 24.8 Å². The van der Waals surface area contributed by atoms with Crippen LogP contribution in [0.1, 0.15) is 29.8 Å². The summed E-state index contributed by atoms with van der Waals surface area (Å²) < 4.78 is 21.7. The molecule has 10 nitrogen and oxygen atoms in total. The fourth-order valence-electron chi connectivity index (χ4n) is 3.19. The second-order valence-corrected chi connectivity index (χ2v) is 7.01. The van der Waals surface area contributed by atoms with Crippen LogP contribution in [0.4, 0.5) is 10.5 Å². The zero-order valence-electron chi connectivity index (χ0n) is 17.8. The molecule has 3 N–H and O–H groups in total. The summed E-state index contributed by atoms with van der Waals surface area (Å²) in [5, 5.41) is 7.72. The van der Waals surface area contributed by atoms with Crippen molar-refractivity contribution in [2.24, 2.45) is 5.73 Å². The van der Waals surface area contributed by atoms with Crippen molar-refractivity contribution in [1.29, 1.82) is 5.41 Å². The van der Waals surface area contributed by atoms with Crippen LogP contribution in [0, 0.1) is 5.41 Å². The normalized spacial score (nSPS) is 15.2.